The number of likely N-dealkylation sites (tertiary alicyclic amines) is 1. The molecule has 1 saturated heterocycles. The number of carbonyl (C=O) groups excluding carboxylic acids is 2. The highest BCUT2D eigenvalue weighted by Crippen LogP contribution is 2.37. The highest BCUT2D eigenvalue weighted by Gasteiger charge is 2.34. The van der Waals surface area contributed by atoms with Gasteiger partial charge in [-0.1, -0.05) is 57.7 Å². The number of hydrogen-bond acceptors (Lipinski definition) is 2. The van der Waals surface area contributed by atoms with E-state index in [0.29, 0.717) is 29.4 Å². The maximum absolute atomic E-state index is 13.0. The molecule has 1 heterocycles. The van der Waals surface area contributed by atoms with Gasteiger partial charge in [-0.15, -0.1) is 0 Å². The second-order valence-corrected chi connectivity index (χ2v) is 10.0. The maximum atomic E-state index is 13.0. The largest absolute Gasteiger partial charge is 0.350 e. The quantitative estimate of drug-likeness (QED) is 0.773. The van der Waals surface area contributed by atoms with Crippen LogP contribution in [0.5, 0.6) is 0 Å². The first-order valence-electron chi connectivity index (χ1n) is 10.4. The van der Waals surface area contributed by atoms with Crippen LogP contribution in [0.3, 0.4) is 0 Å². The fraction of sp³-hybridized carbons (Fsp3) is 0.727. The van der Waals surface area contributed by atoms with Gasteiger partial charge in [0.1, 0.15) is 0 Å². The Kier molecular flexibility index (Phi) is 6.35. The zero-order valence-electron chi connectivity index (χ0n) is 16.9. The van der Waals surface area contributed by atoms with Gasteiger partial charge >= 0.3 is 0 Å². The first-order chi connectivity index (χ1) is 12.7. The molecular weight excluding hydrogens is 360 g/mol. The first kappa shape index (κ1) is 20.4. The van der Waals surface area contributed by atoms with Crippen molar-refractivity contribution >= 4 is 23.4 Å². The normalized spacial score (nSPS) is 28.7. The summed E-state index contributed by atoms with van der Waals surface area (Å²) in [7, 11) is 0. The van der Waals surface area contributed by atoms with Crippen molar-refractivity contribution in [2.75, 3.05) is 13.1 Å². The summed E-state index contributed by atoms with van der Waals surface area (Å²) in [4.78, 5) is 27.1. The molecule has 2 aliphatic carbocycles. The average molecular weight is 393 g/mol. The predicted molar refractivity (Wildman–Crippen MR) is 109 cm³/mol. The summed E-state index contributed by atoms with van der Waals surface area (Å²) in [6, 6.07) is -0.131. The van der Waals surface area contributed by atoms with Crippen LogP contribution in [-0.2, 0) is 9.59 Å². The first-order valence-corrected chi connectivity index (χ1v) is 10.8. The molecule has 2 amide bonds. The molecule has 0 spiro atoms. The van der Waals surface area contributed by atoms with E-state index in [2.05, 4.69) is 5.32 Å². The van der Waals surface area contributed by atoms with E-state index in [9.17, 15) is 9.59 Å². The molecule has 3 atom stereocenters. The molecular formula is C22H33ClN2O2. The Morgan fingerprint density at radius 2 is 1.89 bits per heavy atom. The average Bonchev–Trinajstić information content (AvgIpc) is 2.59. The molecule has 0 aromatic rings. The van der Waals surface area contributed by atoms with E-state index in [1.54, 1.807) is 0 Å². The highest BCUT2D eigenvalue weighted by atomic mass is 35.5. The Bertz CT molecular complexity index is 647. The van der Waals surface area contributed by atoms with Crippen LogP contribution in [0.15, 0.2) is 22.8 Å². The third-order valence-electron chi connectivity index (χ3n) is 6.03. The van der Waals surface area contributed by atoms with Crippen LogP contribution < -0.4 is 5.32 Å². The van der Waals surface area contributed by atoms with Crippen molar-refractivity contribution in [3.8, 4) is 0 Å². The third kappa shape index (κ3) is 5.37. The van der Waals surface area contributed by atoms with Crippen LogP contribution in [0.4, 0.5) is 0 Å². The second-order valence-electron chi connectivity index (χ2n) is 9.62. The van der Waals surface area contributed by atoms with Crippen LogP contribution in [0.2, 0.25) is 0 Å². The minimum atomic E-state index is -0.131. The molecule has 2 unspecified atom stereocenters. The molecule has 0 radical (unpaired) electrons. The fourth-order valence-corrected chi connectivity index (χ4v) is 4.97. The topological polar surface area (TPSA) is 49.4 Å². The summed E-state index contributed by atoms with van der Waals surface area (Å²) in [5.41, 5.74) is 0.557. The zero-order chi connectivity index (χ0) is 19.6. The van der Waals surface area contributed by atoms with Crippen LogP contribution >= 0.6 is 11.6 Å². The van der Waals surface area contributed by atoms with E-state index in [4.69, 9.17) is 11.6 Å². The third-order valence-corrected chi connectivity index (χ3v) is 6.36. The molecule has 1 N–H and O–H groups in total. The van der Waals surface area contributed by atoms with Crippen LogP contribution in [0, 0.1) is 17.3 Å². The lowest BCUT2D eigenvalue weighted by Gasteiger charge is -2.41. The molecule has 0 aromatic carbocycles. The molecule has 3 aliphatic rings. The summed E-state index contributed by atoms with van der Waals surface area (Å²) in [5.74, 6) is 1.54. The fourth-order valence-electron chi connectivity index (χ4n) is 4.66. The van der Waals surface area contributed by atoms with Gasteiger partial charge in [-0.2, -0.15) is 0 Å². The minimum absolute atomic E-state index is 0.0239. The van der Waals surface area contributed by atoms with Crippen molar-refractivity contribution in [1.29, 1.82) is 0 Å². The molecule has 0 aromatic heterocycles. The number of nitrogens with zero attached hydrogens (tertiary/aromatic N) is 1. The molecule has 5 heteroatoms. The van der Waals surface area contributed by atoms with Crippen molar-refractivity contribution in [3.63, 3.8) is 0 Å². The van der Waals surface area contributed by atoms with E-state index >= 15 is 0 Å². The van der Waals surface area contributed by atoms with Gasteiger partial charge in [0, 0.05) is 19.5 Å². The van der Waals surface area contributed by atoms with Crippen LogP contribution in [0.25, 0.3) is 0 Å². The standard InChI is InChI=1S/C22H33ClN2O2/c1-22(2,3)13-20(26)24-17-8-9-18(19(23)12-17)21(27)25-11-10-15-6-4-5-7-16(15)14-25/h9,12,15-17H,4-8,10-11,13-14H2,1-3H3,(H,24,26)/t15-,16?,17?/m1/s1. The van der Waals surface area contributed by atoms with Gasteiger partial charge < -0.3 is 10.2 Å². The zero-order valence-corrected chi connectivity index (χ0v) is 17.6. The lowest BCUT2D eigenvalue weighted by molar-refractivity contribution is -0.129. The number of halogens is 1. The van der Waals surface area contributed by atoms with Crippen LogP contribution in [0.1, 0.15) is 65.7 Å². The molecule has 1 aliphatic heterocycles. The smallest absolute Gasteiger partial charge is 0.255 e. The number of hydrogen-bond donors (Lipinski definition) is 1. The van der Waals surface area contributed by atoms with E-state index in [1.165, 1.54) is 25.7 Å². The Morgan fingerprint density at radius 3 is 2.56 bits per heavy atom. The Hall–Kier alpha value is -1.29. The summed E-state index contributed by atoms with van der Waals surface area (Å²) in [5, 5.41) is 3.48. The lowest BCUT2D eigenvalue weighted by Crippen LogP contribution is -2.45. The van der Waals surface area contributed by atoms with Crippen LogP contribution in [-0.4, -0.2) is 35.8 Å². The van der Waals surface area contributed by atoms with Gasteiger partial charge in [-0.25, -0.2) is 0 Å². The second kappa shape index (κ2) is 8.38. The predicted octanol–water partition coefficient (Wildman–Crippen LogP) is 4.40. The summed E-state index contributed by atoms with van der Waals surface area (Å²) in [6.07, 6.45) is 11.2. The van der Waals surface area contributed by atoms with Gasteiger partial charge in [0.05, 0.1) is 16.6 Å². The Morgan fingerprint density at radius 1 is 1.19 bits per heavy atom. The number of carbonyl (C=O) groups is 2. The van der Waals surface area contributed by atoms with Gasteiger partial charge in [0.15, 0.2) is 0 Å². The Balaban J connectivity index is 1.57. The lowest BCUT2D eigenvalue weighted by atomic mass is 9.75. The number of amides is 2. The molecule has 2 fully saturated rings. The van der Waals surface area contributed by atoms with E-state index in [1.807, 2.05) is 37.8 Å². The summed E-state index contributed by atoms with van der Waals surface area (Å²) < 4.78 is 0. The van der Waals surface area contributed by atoms with Crippen molar-refractivity contribution < 1.29 is 9.59 Å². The molecule has 4 nitrogen and oxygen atoms in total. The van der Waals surface area contributed by atoms with E-state index < -0.39 is 0 Å². The molecule has 1 saturated carbocycles. The number of nitrogens with one attached hydrogen (secondary N) is 1. The molecule has 0 bridgehead atoms. The highest BCUT2D eigenvalue weighted by molar-refractivity contribution is 6.35. The number of piperidine rings is 1. The van der Waals surface area contributed by atoms with Crippen molar-refractivity contribution in [3.05, 3.63) is 22.8 Å². The number of rotatable bonds is 3. The van der Waals surface area contributed by atoms with Gasteiger partial charge in [-0.3, -0.25) is 9.59 Å². The SMILES string of the molecule is CC(C)(C)CC(=O)NC1C=C(Cl)C(C(=O)N2CC[C@H]3CCCCC3C2)=CC1. The monoisotopic (exact) mass is 392 g/mol. The van der Waals surface area contributed by atoms with Gasteiger partial charge in [-0.05, 0) is 42.6 Å². The van der Waals surface area contributed by atoms with E-state index in [-0.39, 0.29) is 23.3 Å². The van der Waals surface area contributed by atoms with E-state index in [0.717, 1.165) is 25.4 Å². The van der Waals surface area contributed by atoms with Crippen molar-refractivity contribution in [1.82, 2.24) is 10.2 Å². The molecule has 3 rings (SSSR count). The minimum Gasteiger partial charge on any atom is -0.350 e. The molecule has 27 heavy (non-hydrogen) atoms. The van der Waals surface area contributed by atoms with Crippen molar-refractivity contribution in [2.45, 2.75) is 71.8 Å². The summed E-state index contributed by atoms with van der Waals surface area (Å²) in [6.45, 7) is 7.84. The van der Waals surface area contributed by atoms with Gasteiger partial charge in [0.2, 0.25) is 5.91 Å². The molecule has 150 valence electrons. The van der Waals surface area contributed by atoms with Crippen molar-refractivity contribution in [2.24, 2.45) is 17.3 Å². The Labute approximate surface area is 168 Å². The number of fused-ring (bicyclic) bond motifs is 1. The van der Waals surface area contributed by atoms with Gasteiger partial charge in [0.25, 0.3) is 5.91 Å². The summed E-state index contributed by atoms with van der Waals surface area (Å²) >= 11 is 6.44. The maximum Gasteiger partial charge on any atom is 0.255 e.